The Labute approximate surface area is 145 Å². The summed E-state index contributed by atoms with van der Waals surface area (Å²) in [5.74, 6) is 2.26. The van der Waals surface area contributed by atoms with Gasteiger partial charge in [-0.15, -0.1) is 0 Å². The van der Waals surface area contributed by atoms with Crippen LogP contribution in [0.25, 0.3) is 0 Å². The van der Waals surface area contributed by atoms with Crippen molar-refractivity contribution in [2.45, 2.75) is 39.5 Å². The van der Waals surface area contributed by atoms with Gasteiger partial charge < -0.3 is 25.3 Å². The zero-order chi connectivity index (χ0) is 12.8. The Hall–Kier alpha value is 1.68. The Bertz CT molecular complexity index is 150. The molecule has 1 aliphatic heterocycles. The molecule has 0 spiro atoms. The summed E-state index contributed by atoms with van der Waals surface area (Å²) in [6.07, 6.45) is 4.56. The molecular formula is C12H22S4Sn. The van der Waals surface area contributed by atoms with Gasteiger partial charge in [0, 0.05) is 11.5 Å². The van der Waals surface area contributed by atoms with E-state index in [2.05, 4.69) is 27.7 Å². The Balaban J connectivity index is -0.000000189. The van der Waals surface area contributed by atoms with E-state index in [-0.39, 0.29) is 23.9 Å². The van der Waals surface area contributed by atoms with Crippen molar-refractivity contribution >= 4 is 72.7 Å². The second-order valence-corrected chi connectivity index (χ2v) is 6.52. The maximum absolute atomic E-state index is 4.93. The van der Waals surface area contributed by atoms with Crippen LogP contribution in [-0.4, -0.2) is 35.4 Å². The molecule has 0 aromatic rings. The molecule has 1 aliphatic rings. The molecular weight excluding hydrogens is 391 g/mol. The van der Waals surface area contributed by atoms with E-state index in [1.54, 1.807) is 23.5 Å². The summed E-state index contributed by atoms with van der Waals surface area (Å²) in [4.78, 5) is 0. The van der Waals surface area contributed by atoms with Gasteiger partial charge in [-0.1, -0.05) is 53.4 Å². The van der Waals surface area contributed by atoms with E-state index in [1.165, 1.54) is 12.8 Å². The topological polar surface area (TPSA) is 0 Å². The van der Waals surface area contributed by atoms with E-state index in [1.807, 2.05) is 0 Å². The van der Waals surface area contributed by atoms with Crippen molar-refractivity contribution in [3.8, 4) is 0 Å². The van der Waals surface area contributed by atoms with Gasteiger partial charge in [0.1, 0.15) is 0 Å². The molecule has 0 unspecified atom stereocenters. The van der Waals surface area contributed by atoms with Gasteiger partial charge in [-0.3, -0.25) is 0 Å². The first-order chi connectivity index (χ1) is 7.63. The summed E-state index contributed by atoms with van der Waals surface area (Å²) in [6.45, 7) is 11.4. The molecule has 5 heteroatoms. The van der Waals surface area contributed by atoms with Crippen LogP contribution in [0.3, 0.4) is 0 Å². The molecule has 98 valence electrons. The van der Waals surface area contributed by atoms with Gasteiger partial charge in [-0.05, 0) is 0 Å². The molecule has 4 radical (unpaired) electrons. The van der Waals surface area contributed by atoms with Crippen LogP contribution in [-0.2, 0) is 25.3 Å². The van der Waals surface area contributed by atoms with Crippen molar-refractivity contribution in [1.82, 2.24) is 0 Å². The third-order valence-corrected chi connectivity index (χ3v) is 5.06. The summed E-state index contributed by atoms with van der Waals surface area (Å²) >= 11 is 13.2. The number of hydrogen-bond donors (Lipinski definition) is 0. The normalized spacial score (nSPS) is 13.6. The van der Waals surface area contributed by atoms with Gasteiger partial charge in [0.2, 0.25) is 0 Å². The van der Waals surface area contributed by atoms with E-state index < -0.39 is 0 Å². The first-order valence-corrected chi connectivity index (χ1v) is 8.35. The van der Waals surface area contributed by atoms with Crippen molar-refractivity contribution in [2.75, 3.05) is 11.5 Å². The van der Waals surface area contributed by atoms with E-state index in [0.29, 0.717) is 0 Å². The summed E-state index contributed by atoms with van der Waals surface area (Å²) < 4.78 is 1.83. The van der Waals surface area contributed by atoms with Crippen LogP contribution in [0.2, 0.25) is 0 Å². The summed E-state index contributed by atoms with van der Waals surface area (Å²) in [5, 5.41) is 0. The fourth-order valence-electron chi connectivity index (χ4n) is 0.387. The minimum Gasteiger partial charge on any atom is -0.774 e. The van der Waals surface area contributed by atoms with E-state index in [9.17, 15) is 0 Å². The summed E-state index contributed by atoms with van der Waals surface area (Å²) in [6, 6.07) is 0. The minimum atomic E-state index is 0. The van der Waals surface area contributed by atoms with Crippen molar-refractivity contribution in [2.24, 2.45) is 0 Å². The fraction of sp³-hybridized carbons (Fsp3) is 0.667. The zero-order valence-electron chi connectivity index (χ0n) is 10.8. The fourth-order valence-corrected chi connectivity index (χ4v) is 2.87. The van der Waals surface area contributed by atoms with Crippen molar-refractivity contribution in [3.05, 3.63) is 22.3 Å². The van der Waals surface area contributed by atoms with Gasteiger partial charge in [0.15, 0.2) is 0 Å². The molecule has 0 nitrogen and oxygen atoms in total. The summed E-state index contributed by atoms with van der Waals surface area (Å²) in [5.41, 5.74) is 0. The van der Waals surface area contributed by atoms with Gasteiger partial charge >= 0.3 is 23.9 Å². The van der Waals surface area contributed by atoms with Crippen LogP contribution in [0.15, 0.2) is 8.47 Å². The SMILES string of the molecule is [CH2]CCC.[CH2]CCC.[S-]C1=C([S-])SCCS1.[Sn+2]. The van der Waals surface area contributed by atoms with Crippen molar-refractivity contribution < 1.29 is 0 Å². The molecule has 0 N–H and O–H groups in total. The molecule has 0 bridgehead atoms. The van der Waals surface area contributed by atoms with Crippen molar-refractivity contribution in [3.63, 3.8) is 0 Å². The van der Waals surface area contributed by atoms with E-state index in [0.717, 1.165) is 32.8 Å². The smallest absolute Gasteiger partial charge is 0.774 e. The van der Waals surface area contributed by atoms with Gasteiger partial charge in [-0.2, -0.15) is 32.0 Å². The van der Waals surface area contributed by atoms with Crippen LogP contribution in [0.4, 0.5) is 0 Å². The third-order valence-electron chi connectivity index (χ3n) is 1.42. The predicted molar refractivity (Wildman–Crippen MR) is 93.0 cm³/mol. The van der Waals surface area contributed by atoms with Crippen LogP contribution in [0, 0.1) is 13.8 Å². The van der Waals surface area contributed by atoms with Crippen LogP contribution < -0.4 is 0 Å². The maximum Gasteiger partial charge on any atom is 2.00 e. The molecule has 0 aliphatic carbocycles. The minimum absolute atomic E-state index is 0. The number of rotatable bonds is 2. The first kappa shape index (κ1) is 23.7. The monoisotopic (exact) mass is 414 g/mol. The molecule has 0 amide bonds. The Morgan fingerprint density at radius 1 is 0.941 bits per heavy atom. The van der Waals surface area contributed by atoms with Gasteiger partial charge in [0.25, 0.3) is 0 Å². The molecule has 0 saturated carbocycles. The molecule has 0 aromatic carbocycles. The Morgan fingerprint density at radius 3 is 1.29 bits per heavy atom. The summed E-state index contributed by atoms with van der Waals surface area (Å²) in [7, 11) is 0. The zero-order valence-corrected chi connectivity index (χ0v) is 16.9. The van der Waals surface area contributed by atoms with E-state index >= 15 is 0 Å². The Morgan fingerprint density at radius 2 is 1.18 bits per heavy atom. The predicted octanol–water partition coefficient (Wildman–Crippen LogP) is 4.55. The maximum atomic E-state index is 4.93. The number of unbranched alkanes of at least 4 members (excludes halogenated alkanes) is 2. The average Bonchev–Trinajstić information content (AvgIpc) is 2.33. The van der Waals surface area contributed by atoms with Crippen LogP contribution in [0.1, 0.15) is 39.5 Å². The molecule has 0 saturated heterocycles. The quantitative estimate of drug-likeness (QED) is 0.481. The third kappa shape index (κ3) is 20.2. The molecule has 17 heavy (non-hydrogen) atoms. The second-order valence-electron chi connectivity index (χ2n) is 2.98. The second kappa shape index (κ2) is 20.0. The molecule has 0 aromatic heterocycles. The van der Waals surface area contributed by atoms with E-state index in [4.69, 9.17) is 25.3 Å². The molecule has 0 atom stereocenters. The molecule has 0 fully saturated rings. The number of hydrogen-bond acceptors (Lipinski definition) is 4. The molecule has 1 rings (SSSR count). The van der Waals surface area contributed by atoms with Crippen molar-refractivity contribution in [1.29, 1.82) is 0 Å². The van der Waals surface area contributed by atoms with Crippen LogP contribution in [0.5, 0.6) is 0 Å². The molecule has 1 heterocycles. The number of thioether (sulfide) groups is 2. The average molecular weight is 413 g/mol. The first-order valence-electron chi connectivity index (χ1n) is 5.56. The Kier molecular flexibility index (Phi) is 27.9. The van der Waals surface area contributed by atoms with Gasteiger partial charge in [-0.25, -0.2) is 0 Å². The standard InChI is InChI=1S/C4H6S4.2C4H9.Sn/c5-3-4(6)8-2-1-7-3;2*1-3-4-2;/h5-6H,1-2H2;2*1,3-4H2,2H3;/q;;;+2/p-2. The van der Waals surface area contributed by atoms with Gasteiger partial charge in [0.05, 0.1) is 0 Å². The largest absolute Gasteiger partial charge is 2.00 e. The van der Waals surface area contributed by atoms with Crippen LogP contribution >= 0.6 is 23.5 Å².